The summed E-state index contributed by atoms with van der Waals surface area (Å²) in [6, 6.07) is 8.66. The van der Waals surface area contributed by atoms with Crippen LogP contribution in [0.3, 0.4) is 0 Å². The van der Waals surface area contributed by atoms with Crippen LogP contribution in [0.2, 0.25) is 0 Å². The number of carbonyl (C=O) groups excluding carboxylic acids is 3. The molecule has 2 rings (SSSR count). The number of amides is 2. The molecule has 0 spiro atoms. The van der Waals surface area contributed by atoms with Crippen molar-refractivity contribution < 1.29 is 23.9 Å². The molecule has 1 fully saturated rings. The zero-order chi connectivity index (χ0) is 19.2. The van der Waals surface area contributed by atoms with Crippen LogP contribution in [0.25, 0.3) is 0 Å². The fourth-order valence-electron chi connectivity index (χ4n) is 2.62. The van der Waals surface area contributed by atoms with Gasteiger partial charge in [-0.3, -0.25) is 9.59 Å². The van der Waals surface area contributed by atoms with Crippen LogP contribution >= 0.6 is 0 Å². The number of alkyl carbamates (subject to hydrolysis) is 1. The Hall–Kier alpha value is -2.57. The van der Waals surface area contributed by atoms with Crippen LogP contribution < -0.4 is 5.32 Å². The Morgan fingerprint density at radius 2 is 1.92 bits per heavy atom. The maximum atomic E-state index is 12.5. The summed E-state index contributed by atoms with van der Waals surface area (Å²) in [4.78, 5) is 37.8. The van der Waals surface area contributed by atoms with Gasteiger partial charge in [0.1, 0.15) is 24.8 Å². The number of hydrogen-bond donors (Lipinski definition) is 1. The smallest absolute Gasteiger partial charge is 0.408 e. The van der Waals surface area contributed by atoms with Crippen LogP contribution in [0, 0.1) is 0 Å². The third kappa shape index (κ3) is 6.38. The molecule has 7 nitrogen and oxygen atoms in total. The number of nitrogens with zero attached hydrogens (tertiary/aromatic N) is 1. The van der Waals surface area contributed by atoms with Gasteiger partial charge in [-0.05, 0) is 39.2 Å². The normalized spacial score (nSPS) is 17.6. The molecule has 0 radical (unpaired) electrons. The van der Waals surface area contributed by atoms with E-state index in [-0.39, 0.29) is 19.1 Å². The van der Waals surface area contributed by atoms with Gasteiger partial charge in [-0.1, -0.05) is 30.3 Å². The van der Waals surface area contributed by atoms with Crippen molar-refractivity contribution in [3.8, 4) is 0 Å². The molecular formula is C19H26N2O5. The third-order valence-electron chi connectivity index (χ3n) is 3.78. The van der Waals surface area contributed by atoms with Crippen molar-refractivity contribution in [1.29, 1.82) is 0 Å². The summed E-state index contributed by atoms with van der Waals surface area (Å²) in [5.74, 6) is -0.765. The number of likely N-dealkylation sites (tertiary alicyclic amines) is 1. The van der Waals surface area contributed by atoms with Gasteiger partial charge in [0.2, 0.25) is 5.91 Å². The fourth-order valence-corrected chi connectivity index (χ4v) is 2.62. The zero-order valence-electron chi connectivity index (χ0n) is 15.5. The topological polar surface area (TPSA) is 84.9 Å². The maximum absolute atomic E-state index is 12.5. The molecule has 1 atom stereocenters. The summed E-state index contributed by atoms with van der Waals surface area (Å²) in [7, 11) is 0. The highest BCUT2D eigenvalue weighted by atomic mass is 16.6. The molecule has 2 amide bonds. The van der Waals surface area contributed by atoms with Crippen molar-refractivity contribution >= 4 is 18.0 Å². The summed E-state index contributed by atoms with van der Waals surface area (Å²) < 4.78 is 10.4. The van der Waals surface area contributed by atoms with Gasteiger partial charge in [0, 0.05) is 6.54 Å². The first-order chi connectivity index (χ1) is 12.2. The molecule has 0 saturated carbocycles. The third-order valence-corrected chi connectivity index (χ3v) is 3.78. The number of rotatable bonds is 5. The van der Waals surface area contributed by atoms with Gasteiger partial charge in [-0.2, -0.15) is 0 Å². The van der Waals surface area contributed by atoms with Crippen molar-refractivity contribution in [1.82, 2.24) is 10.2 Å². The molecule has 0 aliphatic carbocycles. The first-order valence-corrected chi connectivity index (χ1v) is 8.72. The Morgan fingerprint density at radius 1 is 1.23 bits per heavy atom. The lowest BCUT2D eigenvalue weighted by molar-refractivity contribution is -0.152. The molecule has 1 aliphatic heterocycles. The number of esters is 1. The molecule has 1 aromatic carbocycles. The summed E-state index contributed by atoms with van der Waals surface area (Å²) in [6.45, 7) is 5.77. The van der Waals surface area contributed by atoms with E-state index in [0.29, 0.717) is 19.4 Å². The van der Waals surface area contributed by atoms with Crippen molar-refractivity contribution in [2.75, 3.05) is 13.1 Å². The molecular weight excluding hydrogens is 336 g/mol. The molecule has 0 aromatic heterocycles. The zero-order valence-corrected chi connectivity index (χ0v) is 15.5. The minimum absolute atomic E-state index is 0.127. The van der Waals surface area contributed by atoms with Crippen molar-refractivity contribution in [2.45, 2.75) is 51.9 Å². The van der Waals surface area contributed by atoms with Crippen LogP contribution in [-0.4, -0.2) is 47.6 Å². The van der Waals surface area contributed by atoms with Crippen LogP contribution in [0.15, 0.2) is 30.3 Å². The minimum atomic E-state index is -0.680. The van der Waals surface area contributed by atoms with E-state index in [9.17, 15) is 14.4 Å². The maximum Gasteiger partial charge on any atom is 0.408 e. The number of nitrogens with one attached hydrogen (secondary N) is 1. The molecule has 26 heavy (non-hydrogen) atoms. The predicted molar refractivity (Wildman–Crippen MR) is 95.2 cm³/mol. The Balaban J connectivity index is 1.82. The standard InChI is InChI=1S/C19H26N2O5/c1-19(2,3)26-18(24)20-15-10-7-11-21(17(15)23)12-16(22)25-13-14-8-5-4-6-9-14/h4-6,8-9,15H,7,10-13H2,1-3H3,(H,20,24)/t15-/m1/s1. The summed E-state index contributed by atoms with van der Waals surface area (Å²) >= 11 is 0. The summed E-state index contributed by atoms with van der Waals surface area (Å²) in [5, 5.41) is 2.58. The minimum Gasteiger partial charge on any atom is -0.459 e. The second-order valence-corrected chi connectivity index (χ2v) is 7.25. The SMILES string of the molecule is CC(C)(C)OC(=O)N[C@@H]1CCCN(CC(=O)OCc2ccccc2)C1=O. The monoisotopic (exact) mass is 362 g/mol. The number of hydrogen-bond acceptors (Lipinski definition) is 5. The largest absolute Gasteiger partial charge is 0.459 e. The second-order valence-electron chi connectivity index (χ2n) is 7.25. The van der Waals surface area contributed by atoms with Gasteiger partial charge < -0.3 is 19.7 Å². The van der Waals surface area contributed by atoms with Gasteiger partial charge in [0.25, 0.3) is 0 Å². The number of benzene rings is 1. The lowest BCUT2D eigenvalue weighted by Gasteiger charge is -2.32. The molecule has 0 bridgehead atoms. The van der Waals surface area contributed by atoms with Crippen molar-refractivity contribution in [3.63, 3.8) is 0 Å². The van der Waals surface area contributed by atoms with E-state index >= 15 is 0 Å². The van der Waals surface area contributed by atoms with Gasteiger partial charge in [0.05, 0.1) is 0 Å². The molecule has 1 aliphatic rings. The van der Waals surface area contributed by atoms with Gasteiger partial charge in [-0.15, -0.1) is 0 Å². The highest BCUT2D eigenvalue weighted by molar-refractivity contribution is 5.89. The molecule has 7 heteroatoms. The summed E-state index contributed by atoms with van der Waals surface area (Å²) in [5.41, 5.74) is 0.248. The first-order valence-electron chi connectivity index (χ1n) is 8.72. The van der Waals surface area contributed by atoms with Gasteiger partial charge >= 0.3 is 12.1 Å². The lowest BCUT2D eigenvalue weighted by Crippen LogP contribution is -2.54. The number of ether oxygens (including phenoxy) is 2. The van der Waals surface area contributed by atoms with Crippen LogP contribution in [0.1, 0.15) is 39.2 Å². The van der Waals surface area contributed by atoms with Crippen LogP contribution in [-0.2, 0) is 25.7 Å². The second kappa shape index (κ2) is 8.69. The fraction of sp³-hybridized carbons (Fsp3) is 0.526. The van der Waals surface area contributed by atoms with E-state index in [1.165, 1.54) is 4.90 Å². The van der Waals surface area contributed by atoms with Crippen LogP contribution in [0.5, 0.6) is 0 Å². The van der Waals surface area contributed by atoms with E-state index in [4.69, 9.17) is 9.47 Å². The van der Waals surface area contributed by atoms with E-state index in [1.807, 2.05) is 30.3 Å². The Bertz CT molecular complexity index is 639. The van der Waals surface area contributed by atoms with Crippen molar-refractivity contribution in [2.24, 2.45) is 0 Å². The van der Waals surface area contributed by atoms with Crippen LogP contribution in [0.4, 0.5) is 4.79 Å². The lowest BCUT2D eigenvalue weighted by atomic mass is 10.1. The Morgan fingerprint density at radius 3 is 2.58 bits per heavy atom. The van der Waals surface area contributed by atoms with E-state index in [0.717, 1.165) is 5.56 Å². The number of piperidine rings is 1. The highest BCUT2D eigenvalue weighted by Gasteiger charge is 2.32. The van der Waals surface area contributed by atoms with Gasteiger partial charge in [0.15, 0.2) is 0 Å². The van der Waals surface area contributed by atoms with Crippen molar-refractivity contribution in [3.05, 3.63) is 35.9 Å². The average Bonchev–Trinajstić information content (AvgIpc) is 2.56. The molecule has 0 unspecified atom stereocenters. The highest BCUT2D eigenvalue weighted by Crippen LogP contribution is 2.14. The van der Waals surface area contributed by atoms with E-state index < -0.39 is 23.7 Å². The Labute approximate surface area is 153 Å². The Kier molecular flexibility index (Phi) is 6.60. The molecule has 1 saturated heterocycles. The van der Waals surface area contributed by atoms with Gasteiger partial charge in [-0.25, -0.2) is 4.79 Å². The molecule has 1 heterocycles. The quantitative estimate of drug-likeness (QED) is 0.812. The summed E-state index contributed by atoms with van der Waals surface area (Å²) in [6.07, 6.45) is 0.579. The first kappa shape index (κ1) is 19.8. The van der Waals surface area contributed by atoms with E-state index in [1.54, 1.807) is 20.8 Å². The predicted octanol–water partition coefficient (Wildman–Crippen LogP) is 2.25. The van der Waals surface area contributed by atoms with E-state index in [2.05, 4.69) is 5.32 Å². The average molecular weight is 362 g/mol. The molecule has 1 N–H and O–H groups in total. The molecule has 1 aromatic rings. The number of carbonyl (C=O) groups is 3. The molecule has 142 valence electrons.